The summed E-state index contributed by atoms with van der Waals surface area (Å²) in [5.74, 6) is 3.38. The summed E-state index contributed by atoms with van der Waals surface area (Å²) < 4.78 is 0. The molecule has 0 aromatic carbocycles. The van der Waals surface area contributed by atoms with Crippen molar-refractivity contribution in [1.29, 1.82) is 0 Å². The lowest BCUT2D eigenvalue weighted by atomic mass is 10.1. The van der Waals surface area contributed by atoms with Crippen LogP contribution >= 0.6 is 0 Å². The summed E-state index contributed by atoms with van der Waals surface area (Å²) in [6.45, 7) is 0.386. The molecule has 0 saturated heterocycles. The van der Waals surface area contributed by atoms with E-state index in [2.05, 4.69) is 0 Å². The second-order valence-corrected chi connectivity index (χ2v) is 4.57. The Bertz CT molecular complexity index is 140. The predicted molar refractivity (Wildman–Crippen MR) is 49.9 cm³/mol. The van der Waals surface area contributed by atoms with E-state index in [0.29, 0.717) is 6.61 Å². The third-order valence-electron chi connectivity index (χ3n) is 3.44. The van der Waals surface area contributed by atoms with Crippen LogP contribution in [0.2, 0.25) is 0 Å². The summed E-state index contributed by atoms with van der Waals surface area (Å²) in [7, 11) is 0. The van der Waals surface area contributed by atoms with Gasteiger partial charge in [0.15, 0.2) is 0 Å². The largest absolute Gasteiger partial charge is 0.396 e. The highest BCUT2D eigenvalue weighted by Crippen LogP contribution is 2.56. The number of aliphatic hydroxyl groups excluding tert-OH is 1. The third-order valence-corrected chi connectivity index (χ3v) is 3.44. The maximum atomic E-state index is 8.60. The number of hydrogen-bond donors (Lipinski definition) is 1. The molecule has 1 nitrogen and oxygen atoms in total. The summed E-state index contributed by atoms with van der Waals surface area (Å²) in [6, 6.07) is 0. The van der Waals surface area contributed by atoms with E-state index in [1.54, 1.807) is 0 Å². The Labute approximate surface area is 75.2 Å². The molecule has 0 radical (unpaired) electrons. The van der Waals surface area contributed by atoms with Crippen LogP contribution in [0.3, 0.4) is 0 Å². The number of unbranched alkanes of at least 4 members (excludes halogenated alkanes) is 2. The van der Waals surface area contributed by atoms with Crippen LogP contribution in [-0.4, -0.2) is 11.7 Å². The maximum absolute atomic E-state index is 8.60. The molecule has 0 amide bonds. The highest BCUT2D eigenvalue weighted by molar-refractivity contribution is 4.96. The van der Waals surface area contributed by atoms with Gasteiger partial charge in [-0.15, -0.1) is 0 Å². The molecule has 1 heteroatoms. The van der Waals surface area contributed by atoms with Crippen molar-refractivity contribution in [3.05, 3.63) is 0 Å². The molecule has 2 aliphatic carbocycles. The molecule has 0 aromatic heterocycles. The first-order chi connectivity index (χ1) is 5.92. The van der Waals surface area contributed by atoms with Gasteiger partial charge < -0.3 is 5.11 Å². The molecule has 2 atom stereocenters. The predicted octanol–water partition coefficient (Wildman–Crippen LogP) is 2.59. The van der Waals surface area contributed by atoms with E-state index in [1.807, 2.05) is 0 Å². The molecule has 0 aliphatic heterocycles. The van der Waals surface area contributed by atoms with Crippen molar-refractivity contribution in [2.75, 3.05) is 6.61 Å². The van der Waals surface area contributed by atoms with Gasteiger partial charge in [-0.1, -0.05) is 19.3 Å². The van der Waals surface area contributed by atoms with Gasteiger partial charge in [0.25, 0.3) is 0 Å². The molecule has 0 heterocycles. The van der Waals surface area contributed by atoms with Gasteiger partial charge >= 0.3 is 0 Å². The van der Waals surface area contributed by atoms with Crippen molar-refractivity contribution in [3.63, 3.8) is 0 Å². The van der Waals surface area contributed by atoms with Crippen molar-refractivity contribution < 1.29 is 5.11 Å². The Morgan fingerprint density at radius 3 is 2.58 bits per heavy atom. The number of rotatable bonds is 6. The zero-order valence-electron chi connectivity index (χ0n) is 7.84. The minimum atomic E-state index is 0.386. The molecule has 0 spiro atoms. The molecule has 2 aliphatic rings. The fourth-order valence-corrected chi connectivity index (χ4v) is 2.40. The Balaban J connectivity index is 1.46. The molecule has 0 aromatic rings. The highest BCUT2D eigenvalue weighted by atomic mass is 16.2. The lowest BCUT2D eigenvalue weighted by molar-refractivity contribution is 0.282. The molecule has 2 saturated carbocycles. The highest BCUT2D eigenvalue weighted by Gasteiger charge is 2.46. The minimum absolute atomic E-state index is 0.386. The monoisotopic (exact) mass is 168 g/mol. The van der Waals surface area contributed by atoms with Gasteiger partial charge in [-0.05, 0) is 43.4 Å². The lowest BCUT2D eigenvalue weighted by Gasteiger charge is -1.98. The fraction of sp³-hybridized carbons (Fsp3) is 1.00. The van der Waals surface area contributed by atoms with E-state index in [0.717, 1.165) is 24.2 Å². The normalized spacial score (nSPS) is 33.8. The standard InChI is InChI=1S/C11H20O/c12-7-3-1-2-4-10-8-11(10)9-5-6-9/h9-12H,1-8H2/t10-,11+/m1/s1. The van der Waals surface area contributed by atoms with E-state index in [1.165, 1.54) is 38.5 Å². The number of aliphatic hydroxyl groups is 1. The van der Waals surface area contributed by atoms with Crippen molar-refractivity contribution in [2.24, 2.45) is 17.8 Å². The van der Waals surface area contributed by atoms with E-state index in [4.69, 9.17) is 5.11 Å². The first kappa shape index (κ1) is 8.55. The van der Waals surface area contributed by atoms with Crippen molar-refractivity contribution in [2.45, 2.75) is 44.9 Å². The summed E-state index contributed by atoms with van der Waals surface area (Å²) in [4.78, 5) is 0. The Morgan fingerprint density at radius 1 is 1.08 bits per heavy atom. The maximum Gasteiger partial charge on any atom is 0.0431 e. The van der Waals surface area contributed by atoms with Crippen molar-refractivity contribution >= 4 is 0 Å². The molecule has 12 heavy (non-hydrogen) atoms. The fourth-order valence-electron chi connectivity index (χ4n) is 2.40. The molecule has 2 fully saturated rings. The quantitative estimate of drug-likeness (QED) is 0.604. The van der Waals surface area contributed by atoms with Crippen LogP contribution in [0.5, 0.6) is 0 Å². The van der Waals surface area contributed by atoms with Crippen LogP contribution in [0.25, 0.3) is 0 Å². The molecule has 2 rings (SSSR count). The van der Waals surface area contributed by atoms with Gasteiger partial charge in [0.1, 0.15) is 0 Å². The number of hydrogen-bond acceptors (Lipinski definition) is 1. The minimum Gasteiger partial charge on any atom is -0.396 e. The first-order valence-corrected chi connectivity index (χ1v) is 5.52. The SMILES string of the molecule is OCCCCC[C@@H]1C[C@H]1C1CC1. The van der Waals surface area contributed by atoms with Crippen molar-refractivity contribution in [1.82, 2.24) is 0 Å². The summed E-state index contributed by atoms with van der Waals surface area (Å²) in [6.07, 6.45) is 9.64. The lowest BCUT2D eigenvalue weighted by Crippen LogP contribution is -1.87. The topological polar surface area (TPSA) is 20.2 Å². The van der Waals surface area contributed by atoms with E-state index in [9.17, 15) is 0 Å². The van der Waals surface area contributed by atoms with Crippen LogP contribution < -0.4 is 0 Å². The first-order valence-electron chi connectivity index (χ1n) is 5.52. The van der Waals surface area contributed by atoms with Gasteiger partial charge in [-0.25, -0.2) is 0 Å². The average molecular weight is 168 g/mol. The van der Waals surface area contributed by atoms with Gasteiger partial charge in [-0.3, -0.25) is 0 Å². The Kier molecular flexibility index (Phi) is 2.69. The van der Waals surface area contributed by atoms with Crippen LogP contribution in [0.15, 0.2) is 0 Å². The van der Waals surface area contributed by atoms with Crippen LogP contribution in [-0.2, 0) is 0 Å². The molecule has 0 unspecified atom stereocenters. The van der Waals surface area contributed by atoms with E-state index >= 15 is 0 Å². The van der Waals surface area contributed by atoms with Gasteiger partial charge in [0.2, 0.25) is 0 Å². The van der Waals surface area contributed by atoms with Gasteiger partial charge in [-0.2, -0.15) is 0 Å². The van der Waals surface area contributed by atoms with Crippen LogP contribution in [0, 0.1) is 17.8 Å². The molecular weight excluding hydrogens is 148 g/mol. The van der Waals surface area contributed by atoms with Gasteiger partial charge in [0.05, 0.1) is 0 Å². The zero-order chi connectivity index (χ0) is 8.39. The molecule has 70 valence electrons. The second-order valence-electron chi connectivity index (χ2n) is 4.57. The van der Waals surface area contributed by atoms with Crippen molar-refractivity contribution in [3.8, 4) is 0 Å². The molecule has 0 bridgehead atoms. The summed E-state index contributed by atoms with van der Waals surface area (Å²) in [5, 5.41) is 8.60. The van der Waals surface area contributed by atoms with Crippen LogP contribution in [0.1, 0.15) is 44.9 Å². The molecule has 1 N–H and O–H groups in total. The Morgan fingerprint density at radius 2 is 1.92 bits per heavy atom. The van der Waals surface area contributed by atoms with Crippen LogP contribution in [0.4, 0.5) is 0 Å². The van der Waals surface area contributed by atoms with Gasteiger partial charge in [0, 0.05) is 6.61 Å². The summed E-state index contributed by atoms with van der Waals surface area (Å²) >= 11 is 0. The van der Waals surface area contributed by atoms with E-state index in [-0.39, 0.29) is 0 Å². The smallest absolute Gasteiger partial charge is 0.0431 e. The second kappa shape index (κ2) is 3.78. The third kappa shape index (κ3) is 2.22. The summed E-state index contributed by atoms with van der Waals surface area (Å²) in [5.41, 5.74) is 0. The van der Waals surface area contributed by atoms with E-state index < -0.39 is 0 Å². The zero-order valence-corrected chi connectivity index (χ0v) is 7.84. The molecular formula is C11H20O. The Hall–Kier alpha value is -0.0400. The average Bonchev–Trinajstić information content (AvgIpc) is 2.87.